The number of carbonyl (C=O) groups excluding carboxylic acids is 1. The highest BCUT2D eigenvalue weighted by molar-refractivity contribution is 8.00. The molecule has 6 nitrogen and oxygen atoms in total. The first-order valence-electron chi connectivity index (χ1n) is 9.66. The predicted octanol–water partition coefficient (Wildman–Crippen LogP) is 4.55. The Morgan fingerprint density at radius 1 is 1.10 bits per heavy atom. The monoisotopic (exact) mass is 503 g/mol. The Kier molecular flexibility index (Phi) is 6.69. The fourth-order valence-corrected chi connectivity index (χ4v) is 7.13. The summed E-state index contributed by atoms with van der Waals surface area (Å²) in [5.41, 5.74) is 0.547. The van der Waals surface area contributed by atoms with E-state index in [0.29, 0.717) is 41.0 Å². The van der Waals surface area contributed by atoms with E-state index in [1.165, 1.54) is 16.4 Å². The number of nitrogens with zero attached hydrogens (tertiary/aromatic N) is 2. The van der Waals surface area contributed by atoms with Gasteiger partial charge < -0.3 is 10.2 Å². The molecule has 0 radical (unpaired) electrons. The summed E-state index contributed by atoms with van der Waals surface area (Å²) in [6.45, 7) is 1.16. The van der Waals surface area contributed by atoms with E-state index in [-0.39, 0.29) is 28.8 Å². The van der Waals surface area contributed by atoms with Crippen LogP contribution in [0.5, 0.6) is 0 Å². The lowest BCUT2D eigenvalue weighted by atomic mass is 10.0. The van der Waals surface area contributed by atoms with Crippen LogP contribution in [-0.4, -0.2) is 60.3 Å². The number of sulfonamides is 1. The minimum Gasteiger partial charge on any atom is -0.320 e. The molecule has 0 saturated carbocycles. The van der Waals surface area contributed by atoms with Gasteiger partial charge in [0.15, 0.2) is 0 Å². The van der Waals surface area contributed by atoms with E-state index in [1.807, 2.05) is 0 Å². The van der Waals surface area contributed by atoms with Crippen LogP contribution in [0.2, 0.25) is 10.0 Å². The summed E-state index contributed by atoms with van der Waals surface area (Å²) < 4.78 is 40.5. The normalized spacial score (nSPS) is 22.1. The minimum atomic E-state index is -3.72. The molecule has 2 heterocycles. The first-order valence-corrected chi connectivity index (χ1v) is 12.9. The molecule has 0 spiro atoms. The Morgan fingerprint density at radius 3 is 2.55 bits per heavy atom. The van der Waals surface area contributed by atoms with Crippen LogP contribution in [0.4, 0.5) is 14.9 Å². The molecule has 0 bridgehead atoms. The molecule has 166 valence electrons. The molecule has 2 saturated heterocycles. The summed E-state index contributed by atoms with van der Waals surface area (Å²) >= 11 is 13.6. The van der Waals surface area contributed by atoms with Crippen molar-refractivity contribution in [2.45, 2.75) is 22.6 Å². The van der Waals surface area contributed by atoms with Crippen LogP contribution in [0.1, 0.15) is 6.42 Å². The second kappa shape index (κ2) is 9.15. The van der Waals surface area contributed by atoms with Gasteiger partial charge in [0.1, 0.15) is 5.82 Å². The molecule has 2 aromatic carbocycles. The molecule has 2 aromatic rings. The molecular formula is C20H20Cl2FN3O3S2. The quantitative estimate of drug-likeness (QED) is 0.667. The molecule has 2 atom stereocenters. The Labute approximate surface area is 194 Å². The summed E-state index contributed by atoms with van der Waals surface area (Å²) in [5, 5.41) is 3.57. The van der Waals surface area contributed by atoms with Crippen molar-refractivity contribution in [1.29, 1.82) is 0 Å². The maximum absolute atomic E-state index is 13.2. The summed E-state index contributed by atoms with van der Waals surface area (Å²) in [6.07, 6.45) is 0.521. The van der Waals surface area contributed by atoms with E-state index in [2.05, 4.69) is 5.32 Å². The molecule has 2 aliphatic heterocycles. The Balaban J connectivity index is 1.46. The standard InChI is InChI=1S/C20H20Cl2FN3O3S2/c21-16-6-3-14(11-17(16)22)24-20(27)26-9-10-30-19-12-25(8-7-18(19)26)31(28,29)15-4-1-13(23)2-5-15/h1-6,11,18-19H,7-10,12H2,(H,24,27). The number of hydrogen-bond acceptors (Lipinski definition) is 4. The van der Waals surface area contributed by atoms with Gasteiger partial charge in [0, 0.05) is 42.4 Å². The number of nitrogens with one attached hydrogen (secondary N) is 1. The third-order valence-corrected chi connectivity index (χ3v) is 9.36. The molecule has 4 rings (SSSR count). The van der Waals surface area contributed by atoms with Crippen molar-refractivity contribution in [1.82, 2.24) is 9.21 Å². The second-order valence-corrected chi connectivity index (χ2v) is 11.4. The first-order chi connectivity index (χ1) is 14.8. The molecule has 2 aliphatic rings. The van der Waals surface area contributed by atoms with E-state index >= 15 is 0 Å². The summed E-state index contributed by atoms with van der Waals surface area (Å²) in [7, 11) is -3.72. The molecular weight excluding hydrogens is 484 g/mol. The number of urea groups is 1. The van der Waals surface area contributed by atoms with Crippen molar-refractivity contribution in [3.05, 3.63) is 58.3 Å². The fraction of sp³-hybridized carbons (Fsp3) is 0.350. The zero-order chi connectivity index (χ0) is 22.2. The van der Waals surface area contributed by atoms with Crippen LogP contribution in [0.15, 0.2) is 47.4 Å². The summed E-state index contributed by atoms with van der Waals surface area (Å²) in [6, 6.07) is 9.41. The smallest absolute Gasteiger partial charge is 0.320 e. The number of carbonyl (C=O) groups is 1. The van der Waals surface area contributed by atoms with Crippen LogP contribution < -0.4 is 5.32 Å². The predicted molar refractivity (Wildman–Crippen MR) is 122 cm³/mol. The molecule has 2 unspecified atom stereocenters. The minimum absolute atomic E-state index is 0.0442. The summed E-state index contributed by atoms with van der Waals surface area (Å²) in [4.78, 5) is 14.8. The van der Waals surface area contributed by atoms with E-state index < -0.39 is 15.8 Å². The molecule has 11 heteroatoms. The second-order valence-electron chi connectivity index (χ2n) is 7.33. The number of hydrogen-bond donors (Lipinski definition) is 1. The largest absolute Gasteiger partial charge is 0.322 e. The number of thioether (sulfide) groups is 1. The Bertz CT molecular complexity index is 1090. The van der Waals surface area contributed by atoms with Crippen LogP contribution in [0.25, 0.3) is 0 Å². The molecule has 2 fully saturated rings. The summed E-state index contributed by atoms with van der Waals surface area (Å²) in [5.74, 6) is 0.226. The number of benzene rings is 2. The lowest BCUT2D eigenvalue weighted by molar-refractivity contribution is 0.160. The van der Waals surface area contributed by atoms with Crippen LogP contribution in [0, 0.1) is 5.82 Å². The average molecular weight is 504 g/mol. The van der Waals surface area contributed by atoms with Gasteiger partial charge in [-0.25, -0.2) is 17.6 Å². The number of amides is 2. The lowest BCUT2D eigenvalue weighted by Gasteiger charge is -2.46. The van der Waals surface area contributed by atoms with E-state index in [1.54, 1.807) is 34.9 Å². The molecule has 1 N–H and O–H groups in total. The van der Waals surface area contributed by atoms with E-state index in [0.717, 1.165) is 12.1 Å². The molecule has 31 heavy (non-hydrogen) atoms. The van der Waals surface area contributed by atoms with Crippen molar-refractivity contribution >= 4 is 56.7 Å². The Hall–Kier alpha value is -1.52. The molecule has 0 aliphatic carbocycles. The van der Waals surface area contributed by atoms with Gasteiger partial charge in [-0.2, -0.15) is 16.1 Å². The fourth-order valence-electron chi connectivity index (χ4n) is 3.86. The number of piperidine rings is 1. The zero-order valence-corrected chi connectivity index (χ0v) is 19.4. The SMILES string of the molecule is O=C(Nc1ccc(Cl)c(Cl)c1)N1CCSC2CN(S(=O)(=O)c3ccc(F)cc3)CCC21. The number of rotatable bonds is 3. The topological polar surface area (TPSA) is 69.7 Å². The number of halogens is 3. The third kappa shape index (κ3) is 4.80. The van der Waals surface area contributed by atoms with Crippen molar-refractivity contribution < 1.29 is 17.6 Å². The highest BCUT2D eigenvalue weighted by atomic mass is 35.5. The van der Waals surface area contributed by atoms with Crippen LogP contribution in [0.3, 0.4) is 0 Å². The van der Waals surface area contributed by atoms with Crippen molar-refractivity contribution in [2.75, 3.05) is 30.7 Å². The van der Waals surface area contributed by atoms with Gasteiger partial charge >= 0.3 is 6.03 Å². The van der Waals surface area contributed by atoms with Gasteiger partial charge in [0.05, 0.1) is 14.9 Å². The highest BCUT2D eigenvalue weighted by Crippen LogP contribution is 2.34. The number of anilines is 1. The van der Waals surface area contributed by atoms with Gasteiger partial charge in [-0.05, 0) is 48.9 Å². The van der Waals surface area contributed by atoms with Gasteiger partial charge in [0.25, 0.3) is 0 Å². The maximum atomic E-state index is 13.2. The van der Waals surface area contributed by atoms with Crippen molar-refractivity contribution in [3.8, 4) is 0 Å². The highest BCUT2D eigenvalue weighted by Gasteiger charge is 2.42. The van der Waals surface area contributed by atoms with Gasteiger partial charge in [0.2, 0.25) is 10.0 Å². The molecule has 2 amide bonds. The van der Waals surface area contributed by atoms with E-state index in [4.69, 9.17) is 23.2 Å². The lowest BCUT2D eigenvalue weighted by Crippen LogP contribution is -2.59. The maximum Gasteiger partial charge on any atom is 0.322 e. The van der Waals surface area contributed by atoms with Crippen molar-refractivity contribution in [2.24, 2.45) is 0 Å². The van der Waals surface area contributed by atoms with Gasteiger partial charge in [-0.3, -0.25) is 0 Å². The molecule has 0 aromatic heterocycles. The number of fused-ring (bicyclic) bond motifs is 1. The average Bonchev–Trinajstić information content (AvgIpc) is 2.75. The van der Waals surface area contributed by atoms with Gasteiger partial charge in [-0.1, -0.05) is 23.2 Å². The van der Waals surface area contributed by atoms with Crippen LogP contribution >= 0.6 is 35.0 Å². The van der Waals surface area contributed by atoms with Crippen LogP contribution in [-0.2, 0) is 10.0 Å². The van der Waals surface area contributed by atoms with Gasteiger partial charge in [-0.15, -0.1) is 0 Å². The first kappa shape index (κ1) is 22.7. The van der Waals surface area contributed by atoms with Crippen molar-refractivity contribution in [3.63, 3.8) is 0 Å². The zero-order valence-electron chi connectivity index (χ0n) is 16.3. The van der Waals surface area contributed by atoms with E-state index in [9.17, 15) is 17.6 Å². The Morgan fingerprint density at radius 2 is 1.84 bits per heavy atom. The third-order valence-electron chi connectivity index (χ3n) is 5.43.